The van der Waals surface area contributed by atoms with E-state index < -0.39 is 5.41 Å². The molecule has 0 aliphatic heterocycles. The van der Waals surface area contributed by atoms with Crippen LogP contribution in [0.1, 0.15) is 91.4 Å². The number of aliphatic hydroxyl groups is 1. The number of esters is 1. The maximum absolute atomic E-state index is 11.8. The standard InChI is InChI=1S/C18H36O3.H3N/c1-4-5-6-7-8-9-10-11-12-13-14-18(2,3)17(20)21-16-15-19;/h19H,4-16H2,1-3H3;1H3. The van der Waals surface area contributed by atoms with Crippen LogP contribution < -0.4 is 6.15 Å². The monoisotopic (exact) mass is 317 g/mol. The Morgan fingerprint density at radius 1 is 0.909 bits per heavy atom. The second-order valence-corrected chi connectivity index (χ2v) is 6.68. The van der Waals surface area contributed by atoms with E-state index in [1.165, 1.54) is 57.8 Å². The fourth-order valence-electron chi connectivity index (χ4n) is 2.49. The number of hydrogen-bond donors (Lipinski definition) is 2. The molecule has 0 atom stereocenters. The molecule has 4 N–H and O–H groups in total. The topological polar surface area (TPSA) is 81.5 Å². The van der Waals surface area contributed by atoms with Crippen LogP contribution >= 0.6 is 0 Å². The highest BCUT2D eigenvalue weighted by Crippen LogP contribution is 2.25. The van der Waals surface area contributed by atoms with Crippen molar-refractivity contribution < 1.29 is 14.6 Å². The Balaban J connectivity index is 0. The number of hydrogen-bond acceptors (Lipinski definition) is 4. The van der Waals surface area contributed by atoms with Gasteiger partial charge in [-0.1, -0.05) is 71.1 Å². The van der Waals surface area contributed by atoms with Crippen molar-refractivity contribution in [3.05, 3.63) is 0 Å². The molecule has 22 heavy (non-hydrogen) atoms. The van der Waals surface area contributed by atoms with Crippen molar-refractivity contribution in [2.24, 2.45) is 5.41 Å². The maximum Gasteiger partial charge on any atom is 0.311 e. The molecular weight excluding hydrogens is 278 g/mol. The molecule has 0 amide bonds. The van der Waals surface area contributed by atoms with E-state index in [0.717, 1.165) is 12.8 Å². The summed E-state index contributed by atoms with van der Waals surface area (Å²) in [4.78, 5) is 11.8. The van der Waals surface area contributed by atoms with E-state index >= 15 is 0 Å². The number of carbonyl (C=O) groups is 1. The summed E-state index contributed by atoms with van der Waals surface area (Å²) in [6.45, 7) is 6.13. The first kappa shape index (κ1) is 23.7. The first-order valence-electron chi connectivity index (χ1n) is 8.82. The average molecular weight is 318 g/mol. The van der Waals surface area contributed by atoms with Crippen molar-refractivity contribution >= 4 is 5.97 Å². The number of unbranched alkanes of at least 4 members (excludes halogenated alkanes) is 9. The van der Waals surface area contributed by atoms with Crippen LogP contribution in [0.4, 0.5) is 0 Å². The molecule has 0 rings (SSSR count). The molecule has 0 aromatic rings. The van der Waals surface area contributed by atoms with Gasteiger partial charge >= 0.3 is 5.97 Å². The summed E-state index contributed by atoms with van der Waals surface area (Å²) in [5.74, 6) is -0.188. The Morgan fingerprint density at radius 2 is 1.36 bits per heavy atom. The normalized spacial score (nSPS) is 11.1. The van der Waals surface area contributed by atoms with Gasteiger partial charge in [-0.15, -0.1) is 0 Å². The largest absolute Gasteiger partial charge is 0.463 e. The summed E-state index contributed by atoms with van der Waals surface area (Å²) in [6, 6.07) is 0. The molecule has 0 radical (unpaired) electrons. The van der Waals surface area contributed by atoms with Gasteiger partial charge in [0.05, 0.1) is 12.0 Å². The average Bonchev–Trinajstić information content (AvgIpc) is 2.46. The number of ether oxygens (including phenoxy) is 1. The molecule has 0 unspecified atom stereocenters. The molecule has 0 fully saturated rings. The highest BCUT2D eigenvalue weighted by Gasteiger charge is 2.28. The van der Waals surface area contributed by atoms with E-state index in [2.05, 4.69) is 6.92 Å². The predicted octanol–water partition coefficient (Wildman–Crippen LogP) is 5.02. The molecule has 0 aliphatic carbocycles. The third kappa shape index (κ3) is 13.1. The van der Waals surface area contributed by atoms with Crippen LogP contribution in [0.3, 0.4) is 0 Å². The summed E-state index contributed by atoms with van der Waals surface area (Å²) in [6.07, 6.45) is 13.9. The zero-order valence-corrected chi connectivity index (χ0v) is 15.2. The van der Waals surface area contributed by atoms with Gasteiger partial charge in [0.15, 0.2) is 0 Å². The van der Waals surface area contributed by atoms with E-state index in [1.807, 2.05) is 13.8 Å². The maximum atomic E-state index is 11.8. The highest BCUT2D eigenvalue weighted by atomic mass is 16.5. The smallest absolute Gasteiger partial charge is 0.311 e. The summed E-state index contributed by atoms with van der Waals surface area (Å²) < 4.78 is 5.01. The molecule has 0 bridgehead atoms. The first-order valence-corrected chi connectivity index (χ1v) is 8.82. The number of rotatable bonds is 14. The molecule has 0 saturated carbocycles. The van der Waals surface area contributed by atoms with E-state index in [9.17, 15) is 4.79 Å². The quantitative estimate of drug-likeness (QED) is 0.348. The Morgan fingerprint density at radius 3 is 1.82 bits per heavy atom. The minimum atomic E-state index is -0.421. The van der Waals surface area contributed by atoms with Crippen LogP contribution in [0.2, 0.25) is 0 Å². The van der Waals surface area contributed by atoms with Crippen LogP contribution in [0, 0.1) is 5.41 Å². The predicted molar refractivity (Wildman–Crippen MR) is 93.3 cm³/mol. The van der Waals surface area contributed by atoms with Crippen LogP contribution in [0.25, 0.3) is 0 Å². The van der Waals surface area contributed by atoms with Crippen LogP contribution in [-0.4, -0.2) is 24.3 Å². The Hall–Kier alpha value is -0.610. The van der Waals surface area contributed by atoms with Gasteiger partial charge in [-0.3, -0.25) is 4.79 Å². The van der Waals surface area contributed by atoms with Gasteiger partial charge < -0.3 is 16.0 Å². The summed E-state index contributed by atoms with van der Waals surface area (Å²) in [7, 11) is 0. The van der Waals surface area contributed by atoms with E-state index in [0.29, 0.717) is 0 Å². The SMILES string of the molecule is CCCCCCCCCCCCC(C)(C)C(=O)OCCO.N. The van der Waals surface area contributed by atoms with Gasteiger partial charge in [-0.05, 0) is 20.3 Å². The van der Waals surface area contributed by atoms with E-state index in [4.69, 9.17) is 9.84 Å². The molecule has 4 nitrogen and oxygen atoms in total. The summed E-state index contributed by atoms with van der Waals surface area (Å²) in [5.41, 5.74) is -0.421. The zero-order valence-electron chi connectivity index (χ0n) is 15.2. The molecular formula is C18H39NO3. The molecule has 0 heterocycles. The molecule has 0 spiro atoms. The number of aliphatic hydroxyl groups excluding tert-OH is 1. The molecule has 0 aromatic carbocycles. The van der Waals surface area contributed by atoms with Crippen LogP contribution in [0.15, 0.2) is 0 Å². The van der Waals surface area contributed by atoms with Crippen molar-refractivity contribution in [3.63, 3.8) is 0 Å². The fraction of sp³-hybridized carbons (Fsp3) is 0.944. The molecule has 134 valence electrons. The van der Waals surface area contributed by atoms with E-state index in [1.54, 1.807) is 0 Å². The zero-order chi connectivity index (χ0) is 16.0. The minimum Gasteiger partial charge on any atom is -0.463 e. The van der Waals surface area contributed by atoms with Gasteiger partial charge in [0, 0.05) is 0 Å². The third-order valence-corrected chi connectivity index (χ3v) is 4.03. The van der Waals surface area contributed by atoms with Crippen molar-refractivity contribution in [2.75, 3.05) is 13.2 Å². The molecule has 0 aromatic heterocycles. The minimum absolute atomic E-state index is 0. The number of carbonyl (C=O) groups excluding carboxylic acids is 1. The van der Waals surface area contributed by atoms with Gasteiger partial charge in [0.25, 0.3) is 0 Å². The Labute approximate surface area is 137 Å². The Kier molecular flexibility index (Phi) is 16.4. The van der Waals surface area contributed by atoms with Crippen molar-refractivity contribution in [2.45, 2.75) is 91.4 Å². The van der Waals surface area contributed by atoms with Crippen molar-refractivity contribution in [3.8, 4) is 0 Å². The van der Waals surface area contributed by atoms with Crippen LogP contribution in [0.5, 0.6) is 0 Å². The second-order valence-electron chi connectivity index (χ2n) is 6.68. The molecule has 0 saturated heterocycles. The van der Waals surface area contributed by atoms with E-state index in [-0.39, 0.29) is 25.3 Å². The fourth-order valence-corrected chi connectivity index (χ4v) is 2.49. The molecule has 0 aliphatic rings. The lowest BCUT2D eigenvalue weighted by Crippen LogP contribution is -2.27. The first-order chi connectivity index (χ1) is 10.0. The van der Waals surface area contributed by atoms with Crippen molar-refractivity contribution in [1.29, 1.82) is 0 Å². The van der Waals surface area contributed by atoms with Crippen molar-refractivity contribution in [1.82, 2.24) is 6.15 Å². The summed E-state index contributed by atoms with van der Waals surface area (Å²) >= 11 is 0. The molecule has 4 heteroatoms. The van der Waals surface area contributed by atoms with Crippen LogP contribution in [-0.2, 0) is 9.53 Å². The summed E-state index contributed by atoms with van der Waals surface area (Å²) in [5, 5.41) is 8.67. The van der Waals surface area contributed by atoms with Gasteiger partial charge in [0.2, 0.25) is 0 Å². The Bertz CT molecular complexity index is 255. The lowest BCUT2D eigenvalue weighted by Gasteiger charge is -2.22. The van der Waals surface area contributed by atoms with Gasteiger partial charge in [-0.25, -0.2) is 0 Å². The highest BCUT2D eigenvalue weighted by molar-refractivity contribution is 5.75. The third-order valence-electron chi connectivity index (χ3n) is 4.03. The van der Waals surface area contributed by atoms with Gasteiger partial charge in [0.1, 0.15) is 6.61 Å². The van der Waals surface area contributed by atoms with Gasteiger partial charge in [-0.2, -0.15) is 0 Å². The second kappa shape index (κ2) is 15.3. The lowest BCUT2D eigenvalue weighted by molar-refractivity contribution is -0.155. The lowest BCUT2D eigenvalue weighted by atomic mass is 9.87.